The largest absolute Gasteiger partial charge is 0.330 e. The van der Waals surface area contributed by atoms with Crippen LogP contribution >= 0.6 is 23.2 Å². The summed E-state index contributed by atoms with van der Waals surface area (Å²) in [6.45, 7) is 8.00. The second-order valence-corrected chi connectivity index (χ2v) is 13.5. The highest BCUT2D eigenvalue weighted by Crippen LogP contribution is 2.54. The first-order valence-corrected chi connectivity index (χ1v) is 15.4. The molecule has 1 heterocycles. The lowest BCUT2D eigenvalue weighted by Gasteiger charge is -2.52. The number of carbonyl (C=O) groups excluding carboxylic acids is 1. The van der Waals surface area contributed by atoms with Crippen LogP contribution in [0.5, 0.6) is 0 Å². The van der Waals surface area contributed by atoms with Gasteiger partial charge >= 0.3 is 0 Å². The molecule has 1 aliphatic heterocycles. The minimum atomic E-state index is -3.43. The predicted octanol–water partition coefficient (Wildman–Crippen LogP) is 6.74. The number of allylic oxidation sites excluding steroid dienone is 1. The molecule has 0 spiro atoms. The zero-order valence-corrected chi connectivity index (χ0v) is 23.8. The molecule has 0 aromatic heterocycles. The molecule has 1 amide bonds. The summed E-state index contributed by atoms with van der Waals surface area (Å²) in [4.78, 5) is 16.4. The van der Waals surface area contributed by atoms with E-state index in [2.05, 4.69) is 17.4 Å². The number of carbonyl (C=O) groups is 1. The van der Waals surface area contributed by atoms with Crippen molar-refractivity contribution in [1.82, 2.24) is 9.62 Å². The summed E-state index contributed by atoms with van der Waals surface area (Å²) in [5.74, 6) is 0.306. The summed E-state index contributed by atoms with van der Waals surface area (Å²) in [6.07, 6.45) is 5.44. The molecule has 2 fully saturated rings. The van der Waals surface area contributed by atoms with Crippen molar-refractivity contribution >= 4 is 39.1 Å². The highest BCUT2D eigenvalue weighted by molar-refractivity contribution is 7.89. The van der Waals surface area contributed by atoms with Crippen molar-refractivity contribution in [2.45, 2.75) is 64.0 Å². The SMILES string of the molecule is C=CC[C@@]1(C)C[C@H](c2cccc(Cl)c2)[C@@H](c2ccc(Cl)cc2)N([C@@H](CNS(=O)(=O)CCC)C2CC2)C1=O. The molecule has 1 saturated heterocycles. The smallest absolute Gasteiger partial charge is 0.229 e. The lowest BCUT2D eigenvalue weighted by atomic mass is 9.67. The van der Waals surface area contributed by atoms with E-state index in [0.29, 0.717) is 29.3 Å². The van der Waals surface area contributed by atoms with Gasteiger partial charge in [-0.25, -0.2) is 13.1 Å². The van der Waals surface area contributed by atoms with Gasteiger partial charge in [-0.05, 0) is 73.4 Å². The molecule has 0 bridgehead atoms. The summed E-state index contributed by atoms with van der Waals surface area (Å²) in [6, 6.07) is 15.0. The summed E-state index contributed by atoms with van der Waals surface area (Å²) in [7, 11) is -3.43. The molecule has 1 saturated carbocycles. The Balaban J connectivity index is 1.85. The molecular weight excluding hydrogens is 527 g/mol. The van der Waals surface area contributed by atoms with Gasteiger partial charge in [0, 0.05) is 28.5 Å². The van der Waals surface area contributed by atoms with Gasteiger partial charge in [-0.15, -0.1) is 6.58 Å². The number of hydrogen-bond acceptors (Lipinski definition) is 3. The summed E-state index contributed by atoms with van der Waals surface area (Å²) < 4.78 is 28.1. The number of sulfonamides is 1. The van der Waals surface area contributed by atoms with Crippen LogP contribution in [0.4, 0.5) is 0 Å². The Labute approximate surface area is 231 Å². The molecule has 2 aliphatic rings. The van der Waals surface area contributed by atoms with E-state index < -0.39 is 15.4 Å². The summed E-state index contributed by atoms with van der Waals surface area (Å²) in [5, 5.41) is 1.27. The Morgan fingerprint density at radius 3 is 2.43 bits per heavy atom. The molecule has 2 aromatic carbocycles. The third-order valence-corrected chi connectivity index (χ3v) is 9.73. The van der Waals surface area contributed by atoms with E-state index in [-0.39, 0.29) is 42.1 Å². The standard InChI is InChI=1S/C29H36Cl2N2O3S/c1-4-15-29(3)18-25(22-7-6-8-24(31)17-22)27(21-11-13-23(30)14-12-21)33(28(29)34)26(20-9-10-20)19-32-37(35,36)16-5-2/h4,6-8,11-14,17,20,25-27,32H,1,5,9-10,15-16,18-19H2,2-3H3/t25-,26+,27-,29+/m1/s1. The fraction of sp³-hybridized carbons (Fsp3) is 0.483. The Morgan fingerprint density at radius 2 is 1.84 bits per heavy atom. The van der Waals surface area contributed by atoms with Crippen LogP contribution < -0.4 is 4.72 Å². The van der Waals surface area contributed by atoms with Gasteiger partial charge < -0.3 is 4.90 Å². The van der Waals surface area contributed by atoms with Gasteiger partial charge in [-0.3, -0.25) is 4.79 Å². The number of benzene rings is 2. The quantitative estimate of drug-likeness (QED) is 0.308. The fourth-order valence-electron chi connectivity index (χ4n) is 5.78. The maximum atomic E-state index is 14.4. The maximum absolute atomic E-state index is 14.4. The average molecular weight is 564 g/mol. The molecule has 0 radical (unpaired) electrons. The molecule has 4 rings (SSSR count). The molecule has 37 heavy (non-hydrogen) atoms. The molecule has 8 heteroatoms. The van der Waals surface area contributed by atoms with Crippen LogP contribution in [-0.2, 0) is 14.8 Å². The maximum Gasteiger partial charge on any atom is 0.229 e. The number of piperidine rings is 1. The molecule has 2 aromatic rings. The number of amides is 1. The normalized spacial score (nSPS) is 25.2. The van der Waals surface area contributed by atoms with Crippen molar-refractivity contribution in [3.8, 4) is 0 Å². The Bertz CT molecular complexity index is 1230. The van der Waals surface area contributed by atoms with Crippen molar-refractivity contribution in [1.29, 1.82) is 0 Å². The monoisotopic (exact) mass is 562 g/mol. The highest BCUT2D eigenvalue weighted by Gasteiger charge is 2.53. The van der Waals surface area contributed by atoms with Crippen molar-refractivity contribution in [3.63, 3.8) is 0 Å². The van der Waals surface area contributed by atoms with Gasteiger partial charge in [-0.1, -0.05) is 67.4 Å². The second kappa shape index (κ2) is 11.5. The summed E-state index contributed by atoms with van der Waals surface area (Å²) in [5.41, 5.74) is 1.36. The van der Waals surface area contributed by atoms with Gasteiger partial charge in [-0.2, -0.15) is 0 Å². The zero-order chi connectivity index (χ0) is 26.8. The van der Waals surface area contributed by atoms with Crippen LogP contribution in [-0.4, -0.2) is 37.6 Å². The van der Waals surface area contributed by atoms with E-state index in [0.717, 1.165) is 24.0 Å². The first kappa shape index (κ1) is 28.2. The third kappa shape index (κ3) is 6.42. The van der Waals surface area contributed by atoms with Crippen molar-refractivity contribution < 1.29 is 13.2 Å². The Morgan fingerprint density at radius 1 is 1.14 bits per heavy atom. The van der Waals surface area contributed by atoms with Gasteiger partial charge in [0.1, 0.15) is 0 Å². The van der Waals surface area contributed by atoms with Crippen molar-refractivity contribution in [2.75, 3.05) is 12.3 Å². The van der Waals surface area contributed by atoms with E-state index in [4.69, 9.17) is 23.2 Å². The van der Waals surface area contributed by atoms with Crippen LogP contribution in [0.1, 0.15) is 69.0 Å². The molecule has 1 N–H and O–H groups in total. The fourth-order valence-corrected chi connectivity index (χ4v) is 7.21. The van der Waals surface area contributed by atoms with Crippen LogP contribution in [0.3, 0.4) is 0 Å². The van der Waals surface area contributed by atoms with Crippen LogP contribution in [0, 0.1) is 11.3 Å². The number of rotatable bonds is 11. The number of nitrogens with one attached hydrogen (secondary N) is 1. The lowest BCUT2D eigenvalue weighted by molar-refractivity contribution is -0.155. The molecule has 200 valence electrons. The van der Waals surface area contributed by atoms with Gasteiger partial charge in [0.05, 0.1) is 17.2 Å². The molecule has 1 aliphatic carbocycles. The van der Waals surface area contributed by atoms with Crippen molar-refractivity contribution in [2.24, 2.45) is 11.3 Å². The van der Waals surface area contributed by atoms with Crippen LogP contribution in [0.15, 0.2) is 61.2 Å². The zero-order valence-electron chi connectivity index (χ0n) is 21.5. The van der Waals surface area contributed by atoms with Gasteiger partial charge in [0.25, 0.3) is 0 Å². The minimum absolute atomic E-state index is 0.0391. The van der Waals surface area contributed by atoms with E-state index >= 15 is 0 Å². The molecule has 0 unspecified atom stereocenters. The minimum Gasteiger partial charge on any atom is -0.330 e. The van der Waals surface area contributed by atoms with E-state index in [1.165, 1.54) is 0 Å². The molecule has 4 atom stereocenters. The highest BCUT2D eigenvalue weighted by atomic mass is 35.5. The van der Waals surface area contributed by atoms with Gasteiger partial charge in [0.2, 0.25) is 15.9 Å². The van der Waals surface area contributed by atoms with E-state index in [1.54, 1.807) is 0 Å². The molecular formula is C29H36Cl2N2O3S. The third-order valence-electron chi connectivity index (χ3n) is 7.69. The van der Waals surface area contributed by atoms with Crippen LogP contribution in [0.25, 0.3) is 0 Å². The number of likely N-dealkylation sites (tertiary alicyclic amines) is 1. The second-order valence-electron chi connectivity index (χ2n) is 10.7. The average Bonchev–Trinajstić information content (AvgIpc) is 3.68. The predicted molar refractivity (Wildman–Crippen MR) is 151 cm³/mol. The topological polar surface area (TPSA) is 66.5 Å². The van der Waals surface area contributed by atoms with E-state index in [9.17, 15) is 13.2 Å². The first-order chi connectivity index (χ1) is 17.6. The summed E-state index contributed by atoms with van der Waals surface area (Å²) >= 11 is 12.7. The number of hydrogen-bond donors (Lipinski definition) is 1. The van der Waals surface area contributed by atoms with Gasteiger partial charge in [0.15, 0.2) is 0 Å². The number of halogens is 2. The lowest BCUT2D eigenvalue weighted by Crippen LogP contribution is -2.58. The van der Waals surface area contributed by atoms with Crippen molar-refractivity contribution in [3.05, 3.63) is 82.4 Å². The Kier molecular flexibility index (Phi) is 8.74. The Hall–Kier alpha value is -1.86. The molecule has 5 nitrogen and oxygen atoms in total. The van der Waals surface area contributed by atoms with Crippen LogP contribution in [0.2, 0.25) is 10.0 Å². The first-order valence-electron chi connectivity index (χ1n) is 13.0. The number of nitrogens with zero attached hydrogens (tertiary/aromatic N) is 1. The van der Waals surface area contributed by atoms with E-state index in [1.807, 2.05) is 67.3 Å².